The molecule has 0 saturated carbocycles. The molecule has 2 aromatic heterocycles. The minimum absolute atomic E-state index is 0.0318. The van der Waals surface area contributed by atoms with Gasteiger partial charge in [0.25, 0.3) is 5.91 Å². The second-order valence-corrected chi connectivity index (χ2v) is 15.4. The van der Waals surface area contributed by atoms with Crippen LogP contribution in [0.5, 0.6) is 0 Å². The Morgan fingerprint density at radius 1 is 0.981 bits per heavy atom. The van der Waals surface area contributed by atoms with Gasteiger partial charge >= 0.3 is 6.03 Å². The number of nitrogens with zero attached hydrogens (tertiary/aromatic N) is 7. The zero-order valence-electron chi connectivity index (χ0n) is 31.5. The van der Waals surface area contributed by atoms with Crippen LogP contribution in [-0.2, 0) is 22.6 Å². The van der Waals surface area contributed by atoms with Gasteiger partial charge in [0.05, 0.1) is 17.1 Å². The monoisotopic (exact) mass is 729 g/mol. The van der Waals surface area contributed by atoms with Crippen LogP contribution in [0.25, 0.3) is 17.0 Å². The number of benzene rings is 2. The predicted octanol–water partition coefficient (Wildman–Crippen LogP) is 4.00. The van der Waals surface area contributed by atoms with E-state index in [1.54, 1.807) is 11.1 Å². The molecule has 12 nitrogen and oxygen atoms in total. The van der Waals surface area contributed by atoms with Crippen molar-refractivity contribution in [2.24, 2.45) is 4.99 Å². The molecule has 2 N–H and O–H groups in total. The molecule has 3 saturated heterocycles. The molecule has 0 radical (unpaired) electrons. The number of nitrogens with one attached hydrogen (secondary N) is 2. The lowest BCUT2D eigenvalue weighted by Crippen LogP contribution is -2.56. The van der Waals surface area contributed by atoms with Gasteiger partial charge in [0.15, 0.2) is 0 Å². The van der Waals surface area contributed by atoms with E-state index in [1.807, 2.05) is 48.4 Å². The highest BCUT2D eigenvalue weighted by molar-refractivity contribution is 6.04. The molecule has 4 aliphatic rings. The molecule has 0 aliphatic carbocycles. The Morgan fingerprint density at radius 3 is 2.54 bits per heavy atom. The van der Waals surface area contributed by atoms with Crippen molar-refractivity contribution in [3.8, 4) is 0 Å². The number of H-pyrrole nitrogens is 1. The number of aromatic amines is 1. The van der Waals surface area contributed by atoms with Crippen molar-refractivity contribution in [2.45, 2.75) is 89.8 Å². The summed E-state index contributed by atoms with van der Waals surface area (Å²) in [5.41, 5.74) is 4.67. The Labute approximate surface area is 316 Å². The summed E-state index contributed by atoms with van der Waals surface area (Å²) in [6, 6.07) is 11.3. The summed E-state index contributed by atoms with van der Waals surface area (Å²) in [5, 5.41) is 13.0. The van der Waals surface area contributed by atoms with Crippen LogP contribution in [0.1, 0.15) is 74.7 Å². The number of para-hydroxylation sites is 1. The van der Waals surface area contributed by atoms with Crippen LogP contribution >= 0.6 is 0 Å². The molecule has 4 amide bonds. The number of hydrogen-bond acceptors (Lipinski definition) is 6. The Balaban J connectivity index is 0.916. The molecule has 0 unspecified atom stereocenters. The molecule has 0 spiro atoms. The Morgan fingerprint density at radius 2 is 1.76 bits per heavy atom. The maximum atomic E-state index is 14.3. The van der Waals surface area contributed by atoms with Gasteiger partial charge < -0.3 is 24.6 Å². The van der Waals surface area contributed by atoms with Crippen LogP contribution in [0.3, 0.4) is 0 Å². The van der Waals surface area contributed by atoms with E-state index in [4.69, 9.17) is 4.98 Å². The lowest BCUT2D eigenvalue weighted by atomic mass is 9.92. The first-order valence-corrected chi connectivity index (χ1v) is 19.8. The summed E-state index contributed by atoms with van der Waals surface area (Å²) in [6.07, 6.45) is 14.5. The topological polar surface area (TPSA) is 132 Å². The van der Waals surface area contributed by atoms with Crippen LogP contribution in [0.2, 0.25) is 0 Å². The zero-order chi connectivity index (χ0) is 37.2. The van der Waals surface area contributed by atoms with E-state index < -0.39 is 6.04 Å². The van der Waals surface area contributed by atoms with E-state index in [2.05, 4.69) is 55.2 Å². The van der Waals surface area contributed by atoms with Gasteiger partial charge in [0.2, 0.25) is 5.91 Å². The molecule has 0 bridgehead atoms. The van der Waals surface area contributed by atoms with Crippen molar-refractivity contribution in [1.82, 2.24) is 39.8 Å². The molecule has 4 aliphatic heterocycles. The molecule has 8 rings (SSSR count). The van der Waals surface area contributed by atoms with E-state index in [9.17, 15) is 14.4 Å². The fourth-order valence-electron chi connectivity index (χ4n) is 9.01. The number of urea groups is 1. The van der Waals surface area contributed by atoms with Crippen molar-refractivity contribution in [2.75, 3.05) is 39.3 Å². The predicted molar refractivity (Wildman–Crippen MR) is 207 cm³/mol. The van der Waals surface area contributed by atoms with Crippen LogP contribution in [0, 0.1) is 6.92 Å². The summed E-state index contributed by atoms with van der Waals surface area (Å²) in [5.74, 6) is 1.48. The Hall–Kier alpha value is -5.10. The second-order valence-electron chi connectivity index (χ2n) is 15.4. The van der Waals surface area contributed by atoms with Crippen molar-refractivity contribution in [1.29, 1.82) is 0 Å². The van der Waals surface area contributed by atoms with Crippen LogP contribution in [-0.4, -0.2) is 104 Å². The summed E-state index contributed by atoms with van der Waals surface area (Å²) in [6.45, 7) is 9.66. The molecule has 6 heterocycles. The number of rotatable bonds is 8. The van der Waals surface area contributed by atoms with Gasteiger partial charge in [-0.3, -0.25) is 14.7 Å². The molecular weight excluding hydrogens is 679 g/mol. The van der Waals surface area contributed by atoms with Crippen LogP contribution in [0.15, 0.2) is 71.1 Å². The number of carbonyl (C=O) groups excluding carboxylic acids is 3. The van der Waals surface area contributed by atoms with Gasteiger partial charge in [-0.2, -0.15) is 5.10 Å². The smallest absolute Gasteiger partial charge is 0.318 e. The fourth-order valence-corrected chi connectivity index (χ4v) is 9.01. The lowest BCUT2D eigenvalue weighted by molar-refractivity contribution is -0.135. The molecule has 1 atom stereocenters. The molecule has 4 aromatic rings. The third kappa shape index (κ3) is 7.48. The number of aromatic nitrogens is 4. The highest BCUT2D eigenvalue weighted by Gasteiger charge is 2.35. The molecular formula is C42H51N9O3. The average Bonchev–Trinajstić information content (AvgIpc) is 3.88. The lowest BCUT2D eigenvalue weighted by Gasteiger charge is -2.42. The molecule has 3 fully saturated rings. The minimum atomic E-state index is -0.705. The largest absolute Gasteiger partial charge is 0.341 e. The zero-order valence-corrected chi connectivity index (χ0v) is 31.5. The van der Waals surface area contributed by atoms with E-state index in [1.165, 1.54) is 5.82 Å². The van der Waals surface area contributed by atoms with Crippen molar-refractivity contribution in [3.63, 3.8) is 0 Å². The third-order valence-corrected chi connectivity index (χ3v) is 12.0. The highest BCUT2D eigenvalue weighted by atomic mass is 16.2. The maximum absolute atomic E-state index is 14.3. The number of fused-ring (bicyclic) bond motifs is 2. The highest BCUT2D eigenvalue weighted by Crippen LogP contribution is 2.31. The van der Waals surface area contributed by atoms with Crippen molar-refractivity contribution >= 4 is 34.8 Å². The Bertz CT molecular complexity index is 2180. The number of carbonyl (C=O) groups is 3. The fraction of sp³-hybridized carbons (Fsp3) is 0.476. The van der Waals surface area contributed by atoms with Gasteiger partial charge in [-0.25, -0.2) is 14.8 Å². The third-order valence-electron chi connectivity index (χ3n) is 12.0. The second kappa shape index (κ2) is 15.7. The van der Waals surface area contributed by atoms with E-state index in [0.717, 1.165) is 84.6 Å². The first kappa shape index (κ1) is 35.9. The summed E-state index contributed by atoms with van der Waals surface area (Å²) in [4.78, 5) is 56.5. The summed E-state index contributed by atoms with van der Waals surface area (Å²) >= 11 is 0. The van der Waals surface area contributed by atoms with Crippen molar-refractivity contribution < 1.29 is 14.4 Å². The number of hydrogen-bond donors (Lipinski definition) is 2. The number of imidazole rings is 1. The maximum Gasteiger partial charge on any atom is 0.318 e. The SMILES string of the molecule is CCCn1ccnc1C1CCN(C2CCN(C(=O)[C@@H](Cc3cc(C)c4[nH]ncc4c3)NC(=O)N3CCC(=C4C=c5ccccc5=NC4=O)CC3)CC2)CC1. The molecule has 54 heavy (non-hydrogen) atoms. The summed E-state index contributed by atoms with van der Waals surface area (Å²) < 4.78 is 2.32. The standard InChI is InChI=1S/C42H51N9O3/c1-3-15-49-22-14-43-39(49)31-10-16-48(17-11-31)34-12-20-50(21-13-34)41(53)37(25-29-23-28(2)38-33(24-29)27-44-47-38)46-42(54)51-18-8-30(9-19-51)35-26-32-6-4-5-7-36(32)45-40(35)52/h4-7,14,22-24,26-27,31,34,37H,3,8-13,15-21,25H2,1-2H3,(H,44,47)(H,46,54)/t37-/m1/s1. The number of amides is 4. The van der Waals surface area contributed by atoms with E-state index >= 15 is 0 Å². The normalized spacial score (nSPS) is 19.4. The van der Waals surface area contributed by atoms with Gasteiger partial charge in [0.1, 0.15) is 11.9 Å². The number of piperidine rings is 3. The van der Waals surface area contributed by atoms with Crippen molar-refractivity contribution in [3.05, 3.63) is 93.7 Å². The van der Waals surface area contributed by atoms with E-state index in [-0.39, 0.29) is 17.8 Å². The first-order chi connectivity index (χ1) is 26.3. The molecule has 282 valence electrons. The quantitative estimate of drug-likeness (QED) is 0.264. The number of likely N-dealkylation sites (tertiary alicyclic amines) is 3. The molecule has 12 heteroatoms. The van der Waals surface area contributed by atoms with Crippen LogP contribution in [0.4, 0.5) is 4.79 Å². The number of aryl methyl sites for hydroxylation is 2. The Kier molecular flexibility index (Phi) is 10.4. The van der Waals surface area contributed by atoms with Gasteiger partial charge in [-0.1, -0.05) is 36.8 Å². The average molecular weight is 730 g/mol. The van der Waals surface area contributed by atoms with Crippen LogP contribution < -0.4 is 15.9 Å². The van der Waals surface area contributed by atoms with Gasteiger partial charge in [-0.05, 0) is 94.3 Å². The minimum Gasteiger partial charge on any atom is -0.341 e. The molecule has 2 aromatic carbocycles. The first-order valence-electron chi connectivity index (χ1n) is 19.8. The summed E-state index contributed by atoms with van der Waals surface area (Å²) in [7, 11) is 0. The van der Waals surface area contributed by atoms with Gasteiger partial charge in [-0.15, -0.1) is 0 Å². The van der Waals surface area contributed by atoms with E-state index in [0.29, 0.717) is 68.3 Å². The van der Waals surface area contributed by atoms with Gasteiger partial charge in [0, 0.05) is 79.7 Å².